The average molecular weight is 495 g/mol. The summed E-state index contributed by atoms with van der Waals surface area (Å²) in [6.45, 7) is 0. The molecule has 0 spiro atoms. The van der Waals surface area contributed by atoms with Gasteiger partial charge in [-0.15, -0.1) is 0 Å². The maximum Gasteiger partial charge on any atom is 0.327 e. The molecule has 1 fully saturated rings. The first-order valence-corrected chi connectivity index (χ1v) is 12.1. The summed E-state index contributed by atoms with van der Waals surface area (Å²) in [5, 5.41) is 9.50. The number of nitrogens with zero attached hydrogens (tertiary/aromatic N) is 2. The Morgan fingerprint density at radius 3 is 2.69 bits per heavy atom. The number of benzene rings is 1. The van der Waals surface area contributed by atoms with Crippen molar-refractivity contribution in [2.75, 3.05) is 0 Å². The summed E-state index contributed by atoms with van der Waals surface area (Å²) < 4.78 is 7.96. The van der Waals surface area contributed by atoms with Crippen LogP contribution in [0.5, 0.6) is 0 Å². The fourth-order valence-corrected chi connectivity index (χ4v) is 5.37. The van der Waals surface area contributed by atoms with Gasteiger partial charge in [-0.1, -0.05) is 55.0 Å². The standard InChI is InChI=1S/C26H30N4O4S/c27-23(35)25(14-19-9-10-21-29-12-13-30(21)17-19)11-5-4-8-20(25)34-24(33)26(28,16-22(31)32)15-18-6-2-1-3-7-18/h1-3,6-7,9-10,12-13,17,20H,4-5,8,11,14-16,28H2,(H2,27,35)(H,31,32)/t20?,25?,26-/m0/s1. The molecule has 0 radical (unpaired) electrons. The van der Waals surface area contributed by atoms with Gasteiger partial charge in [0, 0.05) is 25.0 Å². The molecule has 2 aromatic heterocycles. The number of rotatable bonds is 9. The molecule has 1 aromatic carbocycles. The zero-order valence-electron chi connectivity index (χ0n) is 19.4. The van der Waals surface area contributed by atoms with Crippen molar-refractivity contribution >= 4 is 34.8 Å². The van der Waals surface area contributed by atoms with Gasteiger partial charge in [-0.2, -0.15) is 0 Å². The maximum atomic E-state index is 13.5. The van der Waals surface area contributed by atoms with Gasteiger partial charge in [-0.25, -0.2) is 4.98 Å². The highest BCUT2D eigenvalue weighted by Crippen LogP contribution is 2.42. The number of hydrogen-bond donors (Lipinski definition) is 3. The minimum Gasteiger partial charge on any atom is -0.481 e. The molecule has 35 heavy (non-hydrogen) atoms. The van der Waals surface area contributed by atoms with E-state index in [9.17, 15) is 14.7 Å². The number of fused-ring (bicyclic) bond motifs is 1. The van der Waals surface area contributed by atoms with Crippen molar-refractivity contribution < 1.29 is 19.4 Å². The van der Waals surface area contributed by atoms with E-state index in [1.54, 1.807) is 6.20 Å². The molecule has 1 aliphatic carbocycles. The van der Waals surface area contributed by atoms with Crippen LogP contribution in [0, 0.1) is 5.41 Å². The van der Waals surface area contributed by atoms with Crippen LogP contribution >= 0.6 is 12.2 Å². The van der Waals surface area contributed by atoms with Crippen LogP contribution in [0.1, 0.15) is 43.2 Å². The second-order valence-corrected chi connectivity index (χ2v) is 9.90. The van der Waals surface area contributed by atoms with E-state index in [2.05, 4.69) is 4.98 Å². The zero-order chi connectivity index (χ0) is 25.1. The summed E-state index contributed by atoms with van der Waals surface area (Å²) in [5.74, 6) is -1.92. The van der Waals surface area contributed by atoms with E-state index in [1.807, 2.05) is 59.3 Å². The van der Waals surface area contributed by atoms with Gasteiger partial charge in [0.2, 0.25) is 0 Å². The van der Waals surface area contributed by atoms with Crippen LogP contribution in [0.4, 0.5) is 0 Å². The van der Waals surface area contributed by atoms with Gasteiger partial charge >= 0.3 is 11.9 Å². The Balaban J connectivity index is 1.62. The number of esters is 1. The van der Waals surface area contributed by atoms with Gasteiger partial charge in [0.25, 0.3) is 0 Å². The molecule has 184 valence electrons. The van der Waals surface area contributed by atoms with Crippen molar-refractivity contribution in [2.45, 2.75) is 56.6 Å². The summed E-state index contributed by atoms with van der Waals surface area (Å²) in [7, 11) is 0. The Labute approximate surface area is 209 Å². The van der Waals surface area contributed by atoms with Gasteiger partial charge in [0.15, 0.2) is 0 Å². The molecule has 3 atom stereocenters. The quantitative estimate of drug-likeness (QED) is 0.305. The Morgan fingerprint density at radius 2 is 1.97 bits per heavy atom. The van der Waals surface area contributed by atoms with E-state index in [0.29, 0.717) is 19.3 Å². The smallest absolute Gasteiger partial charge is 0.327 e. The number of aliphatic carboxylic acids is 1. The molecule has 9 heteroatoms. The number of carboxylic acid groups (broad SMARTS) is 1. The summed E-state index contributed by atoms with van der Waals surface area (Å²) in [6.07, 6.45) is 7.92. The molecule has 8 nitrogen and oxygen atoms in total. The first-order chi connectivity index (χ1) is 16.7. The summed E-state index contributed by atoms with van der Waals surface area (Å²) in [6, 6.07) is 13.0. The first-order valence-electron chi connectivity index (χ1n) is 11.7. The number of nitrogens with two attached hydrogens (primary N) is 2. The van der Waals surface area contributed by atoms with E-state index in [-0.39, 0.29) is 11.4 Å². The number of pyridine rings is 1. The largest absolute Gasteiger partial charge is 0.481 e. The topological polar surface area (TPSA) is 133 Å². The van der Waals surface area contributed by atoms with E-state index in [1.165, 1.54) is 0 Å². The number of thiocarbonyl (C=S) groups is 1. The first kappa shape index (κ1) is 24.8. The van der Waals surface area contributed by atoms with Gasteiger partial charge in [0.05, 0.1) is 16.8 Å². The predicted molar refractivity (Wildman–Crippen MR) is 136 cm³/mol. The normalized spacial score (nSPS) is 21.8. The molecule has 5 N–H and O–H groups in total. The number of carbonyl (C=O) groups excluding carboxylic acids is 1. The number of imidazole rings is 1. The second kappa shape index (κ2) is 10.1. The molecule has 4 rings (SSSR count). The van der Waals surface area contributed by atoms with Crippen molar-refractivity contribution in [2.24, 2.45) is 16.9 Å². The number of aromatic nitrogens is 2. The molecule has 1 saturated carbocycles. The van der Waals surface area contributed by atoms with Crippen LogP contribution < -0.4 is 11.5 Å². The lowest BCUT2D eigenvalue weighted by atomic mass is 9.68. The number of hydrogen-bond acceptors (Lipinski definition) is 6. The summed E-state index contributed by atoms with van der Waals surface area (Å²) >= 11 is 5.55. The van der Waals surface area contributed by atoms with Crippen LogP contribution in [0.3, 0.4) is 0 Å². The third kappa shape index (κ3) is 5.36. The van der Waals surface area contributed by atoms with Gasteiger partial charge in [0.1, 0.15) is 17.3 Å². The lowest BCUT2D eigenvalue weighted by Gasteiger charge is -2.44. The van der Waals surface area contributed by atoms with Crippen LogP contribution in [-0.4, -0.2) is 43.1 Å². The number of carbonyl (C=O) groups is 2. The molecular formula is C26H30N4O4S. The lowest BCUT2D eigenvalue weighted by molar-refractivity contribution is -0.165. The summed E-state index contributed by atoms with van der Waals surface area (Å²) in [5.41, 5.74) is 12.8. The molecule has 2 heterocycles. The summed E-state index contributed by atoms with van der Waals surface area (Å²) in [4.78, 5) is 29.7. The molecule has 1 aliphatic rings. The highest BCUT2D eigenvalue weighted by atomic mass is 32.1. The zero-order valence-corrected chi connectivity index (χ0v) is 20.2. The molecular weight excluding hydrogens is 464 g/mol. The van der Waals surface area contributed by atoms with E-state index < -0.39 is 35.4 Å². The fraction of sp³-hybridized carbons (Fsp3) is 0.385. The molecule has 0 saturated heterocycles. The van der Waals surface area contributed by atoms with Gasteiger partial charge < -0.3 is 25.7 Å². The van der Waals surface area contributed by atoms with Crippen molar-refractivity contribution in [3.8, 4) is 0 Å². The van der Waals surface area contributed by atoms with Crippen LogP contribution in [0.15, 0.2) is 61.1 Å². The number of ether oxygens (including phenoxy) is 1. The molecule has 3 aromatic rings. The minimum absolute atomic E-state index is 0.0447. The van der Waals surface area contributed by atoms with E-state index in [0.717, 1.165) is 29.6 Å². The molecule has 0 aliphatic heterocycles. The average Bonchev–Trinajstić information content (AvgIpc) is 3.28. The Kier molecular flexibility index (Phi) is 7.18. The van der Waals surface area contributed by atoms with Crippen molar-refractivity contribution in [3.05, 3.63) is 72.2 Å². The highest BCUT2D eigenvalue weighted by Gasteiger charge is 2.48. The highest BCUT2D eigenvalue weighted by molar-refractivity contribution is 7.80. The SMILES string of the molecule is NC(=S)C1(Cc2ccc3nccn3c2)CCCCC1OC(=O)[C@@](N)(CC(=O)O)Cc1ccccc1. The van der Waals surface area contributed by atoms with Gasteiger partial charge in [-0.05, 0) is 42.9 Å². The lowest BCUT2D eigenvalue weighted by Crippen LogP contribution is -2.57. The Hall–Kier alpha value is -3.30. The molecule has 2 unspecified atom stereocenters. The monoisotopic (exact) mass is 494 g/mol. The third-order valence-electron chi connectivity index (χ3n) is 6.90. The van der Waals surface area contributed by atoms with Crippen LogP contribution in [0.2, 0.25) is 0 Å². The van der Waals surface area contributed by atoms with Crippen LogP contribution in [-0.2, 0) is 27.2 Å². The van der Waals surface area contributed by atoms with E-state index >= 15 is 0 Å². The van der Waals surface area contributed by atoms with Crippen molar-refractivity contribution in [3.63, 3.8) is 0 Å². The Bertz CT molecular complexity index is 1230. The third-order valence-corrected chi connectivity index (χ3v) is 7.31. The van der Waals surface area contributed by atoms with E-state index in [4.69, 9.17) is 28.4 Å². The predicted octanol–water partition coefficient (Wildman–Crippen LogP) is 3.05. The molecule has 0 amide bonds. The minimum atomic E-state index is -1.72. The fourth-order valence-electron chi connectivity index (χ4n) is 5.07. The van der Waals surface area contributed by atoms with Crippen LogP contribution in [0.25, 0.3) is 5.65 Å². The second-order valence-electron chi connectivity index (χ2n) is 9.46. The number of carboxylic acids is 1. The van der Waals surface area contributed by atoms with Crippen molar-refractivity contribution in [1.29, 1.82) is 0 Å². The maximum absolute atomic E-state index is 13.5. The Morgan fingerprint density at radius 1 is 1.20 bits per heavy atom. The molecule has 0 bridgehead atoms. The van der Waals surface area contributed by atoms with Gasteiger partial charge in [-0.3, -0.25) is 9.59 Å². The van der Waals surface area contributed by atoms with Crippen molar-refractivity contribution in [1.82, 2.24) is 9.38 Å².